The Hall–Kier alpha value is -1.64. The van der Waals surface area contributed by atoms with Crippen LogP contribution >= 0.6 is 0 Å². The van der Waals surface area contributed by atoms with Gasteiger partial charge < -0.3 is 0 Å². The van der Waals surface area contributed by atoms with Crippen LogP contribution in [0.4, 0.5) is 0 Å². The fraction of sp³-hybridized carbons (Fsp3) is 0.556. The number of rotatable bonds is 3. The van der Waals surface area contributed by atoms with Gasteiger partial charge in [-0.05, 0) is 43.6 Å². The van der Waals surface area contributed by atoms with Gasteiger partial charge in [0.2, 0.25) is 5.91 Å². The van der Waals surface area contributed by atoms with Crippen LogP contribution in [-0.4, -0.2) is 11.6 Å². The Morgan fingerprint density at radius 2 is 1.67 bits per heavy atom. The predicted octanol–water partition coefficient (Wildman–Crippen LogP) is 4.01. The van der Waals surface area contributed by atoms with Crippen molar-refractivity contribution in [2.45, 2.75) is 57.3 Å². The van der Waals surface area contributed by atoms with E-state index in [-0.39, 0.29) is 11.8 Å². The highest BCUT2D eigenvalue weighted by atomic mass is 16.2. The molecule has 0 spiro atoms. The Morgan fingerprint density at radius 3 is 2.38 bits per heavy atom. The molecule has 3 nitrogen and oxygen atoms in total. The third-order valence-electron chi connectivity index (χ3n) is 4.61. The first-order chi connectivity index (χ1) is 10.3. The highest BCUT2D eigenvalue weighted by Crippen LogP contribution is 2.47. The number of nitrogens with one attached hydrogen (secondary N) is 1. The Bertz CT molecular complexity index is 499. The van der Waals surface area contributed by atoms with E-state index in [0.29, 0.717) is 5.92 Å². The molecule has 0 saturated heterocycles. The molecule has 112 valence electrons. The molecular weight excluding hydrogens is 260 g/mol. The van der Waals surface area contributed by atoms with Gasteiger partial charge in [-0.1, -0.05) is 49.6 Å². The average Bonchev–Trinajstić information content (AvgIpc) is 3.27. The topological polar surface area (TPSA) is 41.5 Å². The zero-order chi connectivity index (χ0) is 14.5. The van der Waals surface area contributed by atoms with Gasteiger partial charge in [0.15, 0.2) is 0 Å². The number of nitrogens with zero attached hydrogens (tertiary/aromatic N) is 1. The van der Waals surface area contributed by atoms with E-state index < -0.39 is 0 Å². The van der Waals surface area contributed by atoms with Crippen LogP contribution in [0.2, 0.25) is 0 Å². The van der Waals surface area contributed by atoms with Crippen molar-refractivity contribution < 1.29 is 4.79 Å². The van der Waals surface area contributed by atoms with Crippen LogP contribution in [0.15, 0.2) is 35.4 Å². The fourth-order valence-electron chi connectivity index (χ4n) is 3.20. The van der Waals surface area contributed by atoms with Crippen LogP contribution in [0.25, 0.3) is 0 Å². The molecule has 2 saturated carbocycles. The van der Waals surface area contributed by atoms with Gasteiger partial charge in [0.25, 0.3) is 0 Å². The number of hydrogen-bond acceptors (Lipinski definition) is 2. The third kappa shape index (κ3) is 3.93. The Morgan fingerprint density at radius 1 is 1.00 bits per heavy atom. The van der Waals surface area contributed by atoms with Gasteiger partial charge in [0.05, 0.1) is 0 Å². The van der Waals surface area contributed by atoms with Crippen molar-refractivity contribution in [1.82, 2.24) is 5.43 Å². The lowest BCUT2D eigenvalue weighted by Gasteiger charge is -2.10. The zero-order valence-electron chi connectivity index (χ0n) is 12.6. The van der Waals surface area contributed by atoms with Gasteiger partial charge in [-0.15, -0.1) is 0 Å². The summed E-state index contributed by atoms with van der Waals surface area (Å²) in [6.07, 6.45) is 9.42. The molecule has 21 heavy (non-hydrogen) atoms. The zero-order valence-corrected chi connectivity index (χ0v) is 12.6. The summed E-state index contributed by atoms with van der Waals surface area (Å²) < 4.78 is 0. The van der Waals surface area contributed by atoms with Gasteiger partial charge in [-0.3, -0.25) is 4.79 Å². The molecule has 2 aliphatic rings. The molecule has 2 aliphatic carbocycles. The van der Waals surface area contributed by atoms with E-state index in [4.69, 9.17) is 0 Å². The Kier molecular flexibility index (Phi) is 4.69. The maximum atomic E-state index is 12.2. The molecule has 3 rings (SSSR count). The first kappa shape index (κ1) is 14.3. The summed E-state index contributed by atoms with van der Waals surface area (Å²) in [4.78, 5) is 12.2. The van der Waals surface area contributed by atoms with E-state index in [2.05, 4.69) is 22.7 Å². The molecule has 1 N–H and O–H groups in total. The molecular formula is C18H24N2O. The van der Waals surface area contributed by atoms with E-state index in [1.54, 1.807) is 0 Å². The van der Waals surface area contributed by atoms with Crippen LogP contribution in [0.5, 0.6) is 0 Å². The molecule has 0 bridgehead atoms. The quantitative estimate of drug-likeness (QED) is 0.837. The van der Waals surface area contributed by atoms with Gasteiger partial charge in [0.1, 0.15) is 0 Å². The van der Waals surface area contributed by atoms with Crippen LogP contribution in [-0.2, 0) is 4.79 Å². The van der Waals surface area contributed by atoms with E-state index >= 15 is 0 Å². The summed E-state index contributed by atoms with van der Waals surface area (Å²) in [5, 5.41) is 4.39. The summed E-state index contributed by atoms with van der Waals surface area (Å²) in [5.74, 6) is 0.604. The first-order valence-electron chi connectivity index (χ1n) is 8.25. The largest absolute Gasteiger partial charge is 0.273 e. The summed E-state index contributed by atoms with van der Waals surface area (Å²) in [5.41, 5.74) is 5.27. The molecule has 0 unspecified atom stereocenters. The molecule has 0 heterocycles. The number of carbonyl (C=O) groups excluding carboxylic acids is 1. The monoisotopic (exact) mass is 284 g/mol. The maximum absolute atomic E-state index is 12.2. The lowest BCUT2D eigenvalue weighted by Crippen LogP contribution is -2.22. The van der Waals surface area contributed by atoms with Crippen molar-refractivity contribution in [3.63, 3.8) is 0 Å². The van der Waals surface area contributed by atoms with E-state index in [1.807, 2.05) is 18.2 Å². The predicted molar refractivity (Wildman–Crippen MR) is 85.2 cm³/mol. The van der Waals surface area contributed by atoms with Gasteiger partial charge >= 0.3 is 0 Å². The second-order valence-corrected chi connectivity index (χ2v) is 6.28. The van der Waals surface area contributed by atoms with Gasteiger partial charge in [0, 0.05) is 11.6 Å². The number of hydrazone groups is 1. The highest BCUT2D eigenvalue weighted by molar-refractivity contribution is 5.88. The Balaban J connectivity index is 1.51. The summed E-state index contributed by atoms with van der Waals surface area (Å²) in [6, 6.07) is 10.3. The van der Waals surface area contributed by atoms with Crippen molar-refractivity contribution in [2.75, 3.05) is 0 Å². The minimum Gasteiger partial charge on any atom is -0.273 e. The maximum Gasteiger partial charge on any atom is 0.243 e. The van der Waals surface area contributed by atoms with E-state index in [9.17, 15) is 4.79 Å². The Labute approximate surface area is 126 Å². The molecule has 0 aliphatic heterocycles. The fourth-order valence-corrected chi connectivity index (χ4v) is 3.20. The van der Waals surface area contributed by atoms with Crippen molar-refractivity contribution in [3.05, 3.63) is 35.9 Å². The van der Waals surface area contributed by atoms with E-state index in [0.717, 1.165) is 19.3 Å². The number of carbonyl (C=O) groups is 1. The van der Waals surface area contributed by atoms with Crippen molar-refractivity contribution in [1.29, 1.82) is 0 Å². The number of benzene rings is 1. The molecule has 1 aromatic carbocycles. The summed E-state index contributed by atoms with van der Waals surface area (Å²) in [6.45, 7) is 0. The molecule has 1 amide bonds. The first-order valence-corrected chi connectivity index (χ1v) is 8.25. The summed E-state index contributed by atoms with van der Waals surface area (Å²) in [7, 11) is 0. The SMILES string of the molecule is O=C(NN=C1CCCCCCC1)[C@@H]1C[C@H]1c1ccccc1. The molecule has 2 fully saturated rings. The van der Waals surface area contributed by atoms with Crippen molar-refractivity contribution in [3.8, 4) is 0 Å². The third-order valence-corrected chi connectivity index (χ3v) is 4.61. The lowest BCUT2D eigenvalue weighted by atomic mass is 9.99. The van der Waals surface area contributed by atoms with Gasteiger partial charge in [-0.25, -0.2) is 5.43 Å². The summed E-state index contributed by atoms with van der Waals surface area (Å²) >= 11 is 0. The molecule has 0 aromatic heterocycles. The normalized spacial score (nSPS) is 25.6. The number of hydrogen-bond donors (Lipinski definition) is 1. The number of amides is 1. The van der Waals surface area contributed by atoms with Crippen molar-refractivity contribution in [2.24, 2.45) is 11.0 Å². The van der Waals surface area contributed by atoms with Crippen LogP contribution in [0.3, 0.4) is 0 Å². The highest BCUT2D eigenvalue weighted by Gasteiger charge is 2.43. The minimum absolute atomic E-state index is 0.0958. The average molecular weight is 284 g/mol. The second kappa shape index (κ2) is 6.88. The molecule has 1 aromatic rings. The van der Waals surface area contributed by atoms with Crippen molar-refractivity contribution >= 4 is 11.6 Å². The second-order valence-electron chi connectivity index (χ2n) is 6.28. The van der Waals surface area contributed by atoms with Crippen LogP contribution in [0.1, 0.15) is 62.8 Å². The van der Waals surface area contributed by atoms with Gasteiger partial charge in [-0.2, -0.15) is 5.10 Å². The smallest absolute Gasteiger partial charge is 0.243 e. The molecule has 0 radical (unpaired) electrons. The lowest BCUT2D eigenvalue weighted by molar-refractivity contribution is -0.122. The standard InChI is InChI=1S/C18H24N2O/c21-18(17-13-16(17)14-9-5-4-6-10-14)20-19-15-11-7-2-1-3-8-12-15/h4-6,9-10,16-17H,1-3,7-8,11-13H2,(H,20,21)/t16-,17+/m0/s1. The van der Waals surface area contributed by atoms with Crippen LogP contribution in [0, 0.1) is 5.92 Å². The van der Waals surface area contributed by atoms with Crippen LogP contribution < -0.4 is 5.43 Å². The minimum atomic E-state index is 0.0958. The van der Waals surface area contributed by atoms with E-state index in [1.165, 1.54) is 43.4 Å². The molecule has 2 atom stereocenters. The molecule has 3 heteroatoms.